The van der Waals surface area contributed by atoms with Crippen molar-refractivity contribution < 1.29 is 19.2 Å². The highest BCUT2D eigenvalue weighted by Gasteiger charge is 2.56. The van der Waals surface area contributed by atoms with Crippen molar-refractivity contribution >= 4 is 40.2 Å². The fourth-order valence-electron chi connectivity index (χ4n) is 7.19. The molecule has 0 radical (unpaired) electrons. The largest absolute Gasteiger partial charge is 0.462 e. The average molecular weight is 670 g/mol. The van der Waals surface area contributed by atoms with E-state index in [1.54, 1.807) is 46.2 Å². The third kappa shape index (κ3) is 5.43. The Hall–Kier alpha value is -6.80. The Morgan fingerprint density at radius 2 is 1.25 bits per heavy atom. The molecule has 2 aliphatic heterocycles. The number of fused-ring (bicyclic) bond motifs is 3. The number of amides is 2. The van der Waals surface area contributed by atoms with Crippen molar-refractivity contribution in [3.05, 3.63) is 208 Å². The molecule has 8 rings (SSSR count). The number of ether oxygens (including phenoxy) is 1. The molecule has 6 aromatic rings. The standard InChI is InChI=1S/C43H31N3O5/c47-41(32-20-9-3-10-21-32)44-36-26-13-14-27-37(36)45-42(48)39(30-16-5-1-6-17-30)40(31-18-7-2-8-19-31)51-43(45,34-23-11-4-12-24-34)29-38(44)33-22-15-25-35(28-33)46(49)50/h1-28,38H,29H2. The van der Waals surface area contributed by atoms with Crippen LogP contribution in [-0.4, -0.2) is 16.7 Å². The summed E-state index contributed by atoms with van der Waals surface area (Å²) in [6.45, 7) is 0. The highest BCUT2D eigenvalue weighted by atomic mass is 16.6. The molecule has 0 bridgehead atoms. The molecule has 0 fully saturated rings. The van der Waals surface area contributed by atoms with E-state index in [0.29, 0.717) is 50.5 Å². The normalized spacial score (nSPS) is 18.3. The zero-order valence-corrected chi connectivity index (χ0v) is 27.3. The van der Waals surface area contributed by atoms with E-state index < -0.39 is 16.7 Å². The van der Waals surface area contributed by atoms with Crippen molar-refractivity contribution in [2.45, 2.75) is 18.2 Å². The lowest BCUT2D eigenvalue weighted by molar-refractivity contribution is -0.384. The third-order valence-electron chi connectivity index (χ3n) is 9.47. The number of hydrogen-bond donors (Lipinski definition) is 0. The van der Waals surface area contributed by atoms with Gasteiger partial charge in [-0.25, -0.2) is 0 Å². The Kier molecular flexibility index (Phi) is 7.96. The predicted molar refractivity (Wildman–Crippen MR) is 197 cm³/mol. The van der Waals surface area contributed by atoms with Crippen molar-refractivity contribution in [3.8, 4) is 0 Å². The van der Waals surface area contributed by atoms with Gasteiger partial charge >= 0.3 is 0 Å². The van der Waals surface area contributed by atoms with Crippen molar-refractivity contribution in [2.24, 2.45) is 0 Å². The Morgan fingerprint density at radius 3 is 1.90 bits per heavy atom. The van der Waals surface area contributed by atoms with Gasteiger partial charge in [0.2, 0.25) is 5.72 Å². The van der Waals surface area contributed by atoms with Gasteiger partial charge in [-0.3, -0.25) is 29.5 Å². The second kappa shape index (κ2) is 12.9. The number of hydrogen-bond acceptors (Lipinski definition) is 5. The minimum atomic E-state index is -1.51. The molecule has 8 nitrogen and oxygen atoms in total. The second-order valence-corrected chi connectivity index (χ2v) is 12.4. The summed E-state index contributed by atoms with van der Waals surface area (Å²) in [6, 6.07) is 50.2. The van der Waals surface area contributed by atoms with Crippen molar-refractivity contribution in [3.63, 3.8) is 0 Å². The number of carbonyl (C=O) groups is 2. The summed E-state index contributed by atoms with van der Waals surface area (Å²) < 4.78 is 7.40. The van der Waals surface area contributed by atoms with Crippen LogP contribution in [0.2, 0.25) is 0 Å². The Bertz CT molecular complexity index is 2290. The summed E-state index contributed by atoms with van der Waals surface area (Å²) in [4.78, 5) is 45.4. The minimum absolute atomic E-state index is 0.0373. The maximum atomic E-state index is 15.6. The van der Waals surface area contributed by atoms with Crippen LogP contribution < -0.4 is 9.80 Å². The number of para-hydroxylation sites is 2. The molecule has 8 heteroatoms. The van der Waals surface area contributed by atoms with Crippen LogP contribution in [0.4, 0.5) is 17.1 Å². The molecular formula is C43H31N3O5. The molecule has 0 aromatic heterocycles. The topological polar surface area (TPSA) is 93.0 Å². The average Bonchev–Trinajstić information content (AvgIpc) is 3.32. The third-order valence-corrected chi connectivity index (χ3v) is 9.47. The molecule has 2 amide bonds. The number of nitrogens with zero attached hydrogens (tertiary/aromatic N) is 3. The summed E-state index contributed by atoms with van der Waals surface area (Å²) in [5.74, 6) is -0.242. The fraction of sp³-hybridized carbons (Fsp3) is 0.0698. The molecule has 6 aromatic carbocycles. The molecule has 0 saturated carbocycles. The van der Waals surface area contributed by atoms with Crippen LogP contribution in [0.5, 0.6) is 0 Å². The van der Waals surface area contributed by atoms with Crippen LogP contribution in [-0.2, 0) is 15.3 Å². The van der Waals surface area contributed by atoms with Crippen LogP contribution in [0.15, 0.2) is 170 Å². The first-order valence-electron chi connectivity index (χ1n) is 16.6. The molecule has 0 saturated heterocycles. The van der Waals surface area contributed by atoms with E-state index in [1.807, 2.05) is 121 Å². The smallest absolute Gasteiger partial charge is 0.269 e. The van der Waals surface area contributed by atoms with Crippen molar-refractivity contribution in [1.29, 1.82) is 0 Å². The molecule has 2 unspecified atom stereocenters. The first kappa shape index (κ1) is 31.5. The van der Waals surface area contributed by atoms with Gasteiger partial charge in [-0.05, 0) is 35.4 Å². The van der Waals surface area contributed by atoms with Crippen molar-refractivity contribution in [1.82, 2.24) is 0 Å². The number of benzene rings is 6. The van der Waals surface area contributed by atoms with Crippen molar-refractivity contribution in [2.75, 3.05) is 9.80 Å². The van der Waals surface area contributed by atoms with Crippen LogP contribution in [0, 0.1) is 10.1 Å². The van der Waals surface area contributed by atoms with E-state index in [-0.39, 0.29) is 23.9 Å². The van der Waals surface area contributed by atoms with E-state index in [4.69, 9.17) is 4.74 Å². The lowest BCUT2D eigenvalue weighted by Gasteiger charge is -2.48. The van der Waals surface area contributed by atoms with Crippen LogP contribution >= 0.6 is 0 Å². The molecule has 0 aliphatic carbocycles. The van der Waals surface area contributed by atoms with Crippen LogP contribution in [0.3, 0.4) is 0 Å². The number of rotatable bonds is 6. The molecule has 0 spiro atoms. The molecule has 248 valence electrons. The lowest BCUT2D eigenvalue weighted by Crippen LogP contribution is -2.55. The van der Waals surface area contributed by atoms with E-state index in [1.165, 1.54) is 12.1 Å². The minimum Gasteiger partial charge on any atom is -0.462 e. The molecular weight excluding hydrogens is 638 g/mol. The Labute approximate surface area is 294 Å². The zero-order chi connectivity index (χ0) is 35.0. The predicted octanol–water partition coefficient (Wildman–Crippen LogP) is 9.17. The second-order valence-electron chi connectivity index (χ2n) is 12.4. The summed E-state index contributed by atoms with van der Waals surface area (Å²) >= 11 is 0. The van der Waals surface area contributed by atoms with Crippen LogP contribution in [0.1, 0.15) is 45.1 Å². The highest BCUT2D eigenvalue weighted by Crippen LogP contribution is 2.56. The zero-order valence-electron chi connectivity index (χ0n) is 27.3. The fourth-order valence-corrected chi connectivity index (χ4v) is 7.19. The van der Waals surface area contributed by atoms with Crippen LogP contribution in [0.25, 0.3) is 11.3 Å². The molecule has 0 N–H and O–H groups in total. The summed E-state index contributed by atoms with van der Waals surface area (Å²) in [5, 5.41) is 12.1. The van der Waals surface area contributed by atoms with E-state index in [2.05, 4.69) is 0 Å². The monoisotopic (exact) mass is 669 g/mol. The first-order chi connectivity index (χ1) is 25.0. The Balaban J connectivity index is 1.47. The number of non-ortho nitro benzene ring substituents is 1. The maximum Gasteiger partial charge on any atom is 0.269 e. The van der Waals surface area contributed by atoms with Gasteiger partial charge in [0, 0.05) is 35.2 Å². The number of anilines is 2. The summed E-state index contributed by atoms with van der Waals surface area (Å²) in [6.07, 6.45) is 0.0373. The van der Waals surface area contributed by atoms with Gasteiger partial charge in [0.1, 0.15) is 5.76 Å². The molecule has 2 heterocycles. The van der Waals surface area contributed by atoms with E-state index in [9.17, 15) is 14.9 Å². The first-order valence-corrected chi connectivity index (χ1v) is 16.6. The molecule has 51 heavy (non-hydrogen) atoms. The van der Waals surface area contributed by atoms with Gasteiger partial charge in [0.15, 0.2) is 0 Å². The van der Waals surface area contributed by atoms with E-state index in [0.717, 1.165) is 0 Å². The van der Waals surface area contributed by atoms with Gasteiger partial charge in [0.25, 0.3) is 17.5 Å². The summed E-state index contributed by atoms with van der Waals surface area (Å²) in [7, 11) is 0. The number of nitro benzene ring substituents is 1. The Morgan fingerprint density at radius 1 is 0.686 bits per heavy atom. The van der Waals surface area contributed by atoms with Gasteiger partial charge in [-0.2, -0.15) is 0 Å². The molecule has 2 atom stereocenters. The molecule has 2 aliphatic rings. The SMILES string of the molecule is O=C(c1ccccc1)N1c2ccccc2N2C(=O)C(c3ccccc3)=C(c3ccccc3)OC2(c2ccccc2)CC1c1cccc([N+](=O)[O-])c1. The van der Waals surface area contributed by atoms with Gasteiger partial charge < -0.3 is 4.74 Å². The number of carbonyl (C=O) groups excluding carboxylic acids is 2. The quantitative estimate of drug-likeness (QED) is 0.130. The highest BCUT2D eigenvalue weighted by molar-refractivity contribution is 6.33. The summed E-state index contributed by atoms with van der Waals surface area (Å²) in [5.41, 5.74) is 2.69. The van der Waals surface area contributed by atoms with Gasteiger partial charge in [-0.15, -0.1) is 0 Å². The lowest BCUT2D eigenvalue weighted by atomic mass is 9.86. The van der Waals surface area contributed by atoms with Gasteiger partial charge in [-0.1, -0.05) is 133 Å². The van der Waals surface area contributed by atoms with E-state index >= 15 is 4.79 Å². The number of nitro groups is 1. The van der Waals surface area contributed by atoms with Gasteiger partial charge in [0.05, 0.1) is 27.9 Å². The maximum absolute atomic E-state index is 15.6.